The van der Waals surface area contributed by atoms with Gasteiger partial charge in [-0.2, -0.15) is 0 Å². The number of carboxylic acids is 1. The van der Waals surface area contributed by atoms with Crippen LogP contribution in [0.15, 0.2) is 23.2 Å². The van der Waals surface area contributed by atoms with Crippen LogP contribution in [0.3, 0.4) is 0 Å². The summed E-state index contributed by atoms with van der Waals surface area (Å²) in [4.78, 5) is 16.9. The molecule has 1 aliphatic rings. The minimum absolute atomic E-state index is 0.109. The topological polar surface area (TPSA) is 84.4 Å². The number of aromatic nitrogens is 3. The van der Waals surface area contributed by atoms with E-state index in [0.717, 1.165) is 6.54 Å². The van der Waals surface area contributed by atoms with Gasteiger partial charge < -0.3 is 19.1 Å². The maximum atomic E-state index is 11.0. The molecule has 0 atom stereocenters. The smallest absolute Gasteiger partial charge is 0.356 e. The number of aromatic carboxylic acids is 1. The zero-order valence-electron chi connectivity index (χ0n) is 8.91. The second kappa shape index (κ2) is 3.62. The zero-order valence-corrected chi connectivity index (χ0v) is 8.91. The third-order valence-corrected chi connectivity index (χ3v) is 2.85. The van der Waals surface area contributed by atoms with Gasteiger partial charge in [0.2, 0.25) is 0 Å². The molecule has 7 heteroatoms. The monoisotopic (exact) mass is 234 g/mol. The van der Waals surface area contributed by atoms with E-state index in [0.29, 0.717) is 24.6 Å². The van der Waals surface area contributed by atoms with E-state index >= 15 is 0 Å². The standard InChI is InChI=1S/C10H10N4O3/c15-10(16)9-7-5-13(8-1-4-17-12-8)2-3-14(7)6-11-9/h1,4,6H,2-3,5H2,(H,15,16). The van der Waals surface area contributed by atoms with Crippen LogP contribution in [-0.2, 0) is 13.1 Å². The number of fused-ring (bicyclic) bond motifs is 1. The summed E-state index contributed by atoms with van der Waals surface area (Å²) < 4.78 is 6.65. The minimum Gasteiger partial charge on any atom is -0.476 e. The van der Waals surface area contributed by atoms with E-state index in [1.165, 1.54) is 6.26 Å². The lowest BCUT2D eigenvalue weighted by molar-refractivity contribution is 0.0689. The van der Waals surface area contributed by atoms with E-state index in [1.807, 2.05) is 9.47 Å². The van der Waals surface area contributed by atoms with E-state index < -0.39 is 5.97 Å². The van der Waals surface area contributed by atoms with Crippen LogP contribution in [0, 0.1) is 0 Å². The van der Waals surface area contributed by atoms with Crippen molar-refractivity contribution in [3.05, 3.63) is 30.0 Å². The molecule has 0 aliphatic carbocycles. The number of hydrogen-bond acceptors (Lipinski definition) is 5. The van der Waals surface area contributed by atoms with E-state index in [4.69, 9.17) is 9.63 Å². The summed E-state index contributed by atoms with van der Waals surface area (Å²) in [6, 6.07) is 1.76. The molecule has 17 heavy (non-hydrogen) atoms. The maximum Gasteiger partial charge on any atom is 0.356 e. The van der Waals surface area contributed by atoms with Crippen molar-refractivity contribution in [1.82, 2.24) is 14.7 Å². The van der Waals surface area contributed by atoms with Gasteiger partial charge >= 0.3 is 5.97 Å². The molecule has 3 rings (SSSR count). The number of hydrogen-bond donors (Lipinski definition) is 1. The number of nitrogens with zero attached hydrogens (tertiary/aromatic N) is 4. The quantitative estimate of drug-likeness (QED) is 0.818. The van der Waals surface area contributed by atoms with Gasteiger partial charge in [0, 0.05) is 19.2 Å². The van der Waals surface area contributed by atoms with Crippen molar-refractivity contribution in [1.29, 1.82) is 0 Å². The summed E-state index contributed by atoms with van der Waals surface area (Å²) in [5.74, 6) is -0.283. The lowest BCUT2D eigenvalue weighted by atomic mass is 10.2. The Kier molecular flexibility index (Phi) is 2.10. The van der Waals surface area contributed by atoms with E-state index in [1.54, 1.807) is 12.4 Å². The SMILES string of the molecule is O=C(O)c1ncn2c1CN(c1ccon1)CC2. The van der Waals surface area contributed by atoms with Crippen molar-refractivity contribution in [3.63, 3.8) is 0 Å². The third-order valence-electron chi connectivity index (χ3n) is 2.85. The Labute approximate surface area is 96.3 Å². The van der Waals surface area contributed by atoms with Crippen molar-refractivity contribution >= 4 is 11.8 Å². The fourth-order valence-electron chi connectivity index (χ4n) is 2.00. The first kappa shape index (κ1) is 9.88. The normalized spacial score (nSPS) is 14.7. The van der Waals surface area contributed by atoms with Crippen LogP contribution in [0.2, 0.25) is 0 Å². The molecule has 0 saturated heterocycles. The van der Waals surface area contributed by atoms with Crippen molar-refractivity contribution < 1.29 is 14.4 Å². The number of imidazole rings is 1. The molecule has 2 aromatic heterocycles. The number of anilines is 1. The summed E-state index contributed by atoms with van der Waals surface area (Å²) in [6.45, 7) is 1.94. The number of carbonyl (C=O) groups is 1. The molecule has 3 heterocycles. The highest BCUT2D eigenvalue weighted by Gasteiger charge is 2.24. The van der Waals surface area contributed by atoms with Gasteiger partial charge in [-0.25, -0.2) is 9.78 Å². The molecule has 7 nitrogen and oxygen atoms in total. The molecule has 1 N–H and O–H groups in total. The van der Waals surface area contributed by atoms with E-state index in [2.05, 4.69) is 10.1 Å². The predicted octanol–water partition coefficient (Wildman–Crippen LogP) is 0.589. The highest BCUT2D eigenvalue weighted by atomic mass is 16.5. The summed E-state index contributed by atoms with van der Waals surface area (Å²) in [5.41, 5.74) is 0.810. The third kappa shape index (κ3) is 1.55. The molecule has 0 saturated carbocycles. The molecular weight excluding hydrogens is 224 g/mol. The van der Waals surface area contributed by atoms with Gasteiger partial charge in [-0.15, -0.1) is 0 Å². The van der Waals surface area contributed by atoms with E-state index in [-0.39, 0.29) is 5.69 Å². The van der Waals surface area contributed by atoms with Gasteiger partial charge in [-0.1, -0.05) is 5.16 Å². The van der Waals surface area contributed by atoms with Crippen LogP contribution in [-0.4, -0.2) is 32.3 Å². The molecular formula is C10H10N4O3. The average Bonchev–Trinajstić information content (AvgIpc) is 2.97. The van der Waals surface area contributed by atoms with Crippen LogP contribution in [0.25, 0.3) is 0 Å². The molecule has 0 radical (unpaired) electrons. The fourth-order valence-corrected chi connectivity index (χ4v) is 2.00. The molecule has 0 fully saturated rings. The Hall–Kier alpha value is -2.31. The van der Waals surface area contributed by atoms with Crippen molar-refractivity contribution in [3.8, 4) is 0 Å². The highest BCUT2D eigenvalue weighted by molar-refractivity contribution is 5.86. The number of carboxylic acid groups (broad SMARTS) is 1. The average molecular weight is 234 g/mol. The molecule has 2 aromatic rings. The molecule has 1 aliphatic heterocycles. The molecule has 0 aromatic carbocycles. The molecule has 0 spiro atoms. The Balaban J connectivity index is 1.94. The van der Waals surface area contributed by atoms with Gasteiger partial charge in [-0.3, -0.25) is 0 Å². The lowest BCUT2D eigenvalue weighted by Gasteiger charge is -2.27. The fraction of sp³-hybridized carbons (Fsp3) is 0.300. The second-order valence-electron chi connectivity index (χ2n) is 3.82. The predicted molar refractivity (Wildman–Crippen MR) is 56.7 cm³/mol. The number of rotatable bonds is 2. The highest BCUT2D eigenvalue weighted by Crippen LogP contribution is 2.21. The summed E-state index contributed by atoms with van der Waals surface area (Å²) in [5, 5.41) is 12.9. The van der Waals surface area contributed by atoms with Crippen LogP contribution in [0.1, 0.15) is 16.2 Å². The minimum atomic E-state index is -0.999. The van der Waals surface area contributed by atoms with Gasteiger partial charge in [0.25, 0.3) is 0 Å². The Morgan fingerprint density at radius 2 is 2.35 bits per heavy atom. The Morgan fingerprint density at radius 3 is 3.06 bits per heavy atom. The van der Waals surface area contributed by atoms with Gasteiger partial charge in [0.15, 0.2) is 11.5 Å². The van der Waals surface area contributed by atoms with Crippen molar-refractivity contribution in [2.45, 2.75) is 13.1 Å². The zero-order chi connectivity index (χ0) is 11.8. The van der Waals surface area contributed by atoms with Crippen molar-refractivity contribution in [2.24, 2.45) is 0 Å². The van der Waals surface area contributed by atoms with Crippen LogP contribution in [0.4, 0.5) is 5.82 Å². The Bertz CT molecular complexity index is 546. The van der Waals surface area contributed by atoms with Crippen LogP contribution in [0.5, 0.6) is 0 Å². The van der Waals surface area contributed by atoms with Crippen LogP contribution < -0.4 is 4.90 Å². The van der Waals surface area contributed by atoms with Gasteiger partial charge in [0.1, 0.15) is 6.26 Å². The summed E-state index contributed by atoms with van der Waals surface area (Å²) in [7, 11) is 0. The molecule has 0 amide bonds. The first-order valence-corrected chi connectivity index (χ1v) is 5.18. The maximum absolute atomic E-state index is 11.0. The van der Waals surface area contributed by atoms with Crippen molar-refractivity contribution in [2.75, 3.05) is 11.4 Å². The summed E-state index contributed by atoms with van der Waals surface area (Å²) in [6.07, 6.45) is 3.07. The first-order chi connectivity index (χ1) is 8.25. The first-order valence-electron chi connectivity index (χ1n) is 5.18. The summed E-state index contributed by atoms with van der Waals surface area (Å²) >= 11 is 0. The molecule has 88 valence electrons. The van der Waals surface area contributed by atoms with Gasteiger partial charge in [0.05, 0.1) is 18.6 Å². The van der Waals surface area contributed by atoms with Crippen LogP contribution >= 0.6 is 0 Å². The molecule has 0 unspecified atom stereocenters. The largest absolute Gasteiger partial charge is 0.476 e. The Morgan fingerprint density at radius 1 is 1.47 bits per heavy atom. The molecule has 0 bridgehead atoms. The van der Waals surface area contributed by atoms with Gasteiger partial charge in [-0.05, 0) is 0 Å². The van der Waals surface area contributed by atoms with E-state index in [9.17, 15) is 4.79 Å². The second-order valence-corrected chi connectivity index (χ2v) is 3.82. The lowest BCUT2D eigenvalue weighted by Crippen LogP contribution is -2.34.